The minimum Gasteiger partial charge on any atom is -0.307 e. The maximum Gasteiger partial charge on any atom is 0.126 e. The Labute approximate surface area is 122 Å². The van der Waals surface area contributed by atoms with Gasteiger partial charge in [-0.1, -0.05) is 38.8 Å². The molecule has 0 amide bonds. The quantitative estimate of drug-likeness (QED) is 0.849. The highest BCUT2D eigenvalue weighted by Crippen LogP contribution is 2.36. The molecule has 2 aliphatic rings. The van der Waals surface area contributed by atoms with Crippen LogP contribution in [0.5, 0.6) is 0 Å². The SMILES string of the molecule is CC(C)C1CCCCC1NC1CCc2c(F)cccc21. The van der Waals surface area contributed by atoms with E-state index in [0.29, 0.717) is 12.1 Å². The van der Waals surface area contributed by atoms with E-state index in [4.69, 9.17) is 0 Å². The highest BCUT2D eigenvalue weighted by molar-refractivity contribution is 5.35. The fourth-order valence-corrected chi connectivity index (χ4v) is 4.21. The van der Waals surface area contributed by atoms with Crippen molar-refractivity contribution in [2.45, 2.75) is 64.5 Å². The molecule has 1 saturated carbocycles. The molecule has 0 spiro atoms. The average Bonchev–Trinajstić information content (AvgIpc) is 2.84. The third-order valence-corrected chi connectivity index (χ3v) is 5.30. The van der Waals surface area contributed by atoms with Crippen molar-refractivity contribution < 1.29 is 4.39 Å². The number of fused-ring (bicyclic) bond motifs is 1. The lowest BCUT2D eigenvalue weighted by atomic mass is 9.77. The number of rotatable bonds is 3. The van der Waals surface area contributed by atoms with Crippen LogP contribution in [0.1, 0.15) is 63.1 Å². The van der Waals surface area contributed by atoms with Crippen LogP contribution in [-0.4, -0.2) is 6.04 Å². The molecule has 3 unspecified atom stereocenters. The molecular weight excluding hydrogens is 249 g/mol. The Morgan fingerprint density at radius 3 is 2.75 bits per heavy atom. The Bertz CT molecular complexity index is 468. The lowest BCUT2D eigenvalue weighted by molar-refractivity contribution is 0.192. The molecule has 1 N–H and O–H groups in total. The first kappa shape index (κ1) is 14.1. The standard InChI is InChI=1S/C18H26FN/c1-12(2)13-6-3-4-9-17(13)20-18-11-10-14-15(18)7-5-8-16(14)19/h5,7-8,12-13,17-18,20H,3-4,6,9-11H2,1-2H3. The molecule has 3 atom stereocenters. The molecule has 1 nitrogen and oxygen atoms in total. The van der Waals surface area contributed by atoms with Gasteiger partial charge < -0.3 is 5.32 Å². The van der Waals surface area contributed by atoms with Crippen LogP contribution in [0.3, 0.4) is 0 Å². The predicted molar refractivity (Wildman–Crippen MR) is 81.2 cm³/mol. The molecule has 0 bridgehead atoms. The van der Waals surface area contributed by atoms with Gasteiger partial charge in [-0.15, -0.1) is 0 Å². The van der Waals surface area contributed by atoms with Gasteiger partial charge in [0.05, 0.1) is 0 Å². The Morgan fingerprint density at radius 2 is 1.95 bits per heavy atom. The Kier molecular flexibility index (Phi) is 4.11. The van der Waals surface area contributed by atoms with Crippen molar-refractivity contribution in [1.82, 2.24) is 5.32 Å². The van der Waals surface area contributed by atoms with Crippen molar-refractivity contribution in [3.8, 4) is 0 Å². The second kappa shape index (κ2) is 5.85. The number of hydrogen-bond donors (Lipinski definition) is 1. The van der Waals surface area contributed by atoms with Gasteiger partial charge in [-0.05, 0) is 54.7 Å². The van der Waals surface area contributed by atoms with E-state index in [-0.39, 0.29) is 5.82 Å². The molecule has 0 radical (unpaired) electrons. The first-order valence-corrected chi connectivity index (χ1v) is 8.20. The molecule has 1 aromatic rings. The van der Waals surface area contributed by atoms with Gasteiger partial charge in [-0.25, -0.2) is 4.39 Å². The van der Waals surface area contributed by atoms with Crippen LogP contribution in [0.15, 0.2) is 18.2 Å². The smallest absolute Gasteiger partial charge is 0.126 e. The van der Waals surface area contributed by atoms with Crippen LogP contribution in [0, 0.1) is 17.7 Å². The minimum absolute atomic E-state index is 0.0177. The maximum atomic E-state index is 13.8. The molecule has 20 heavy (non-hydrogen) atoms. The van der Waals surface area contributed by atoms with Crippen LogP contribution in [0.4, 0.5) is 4.39 Å². The van der Waals surface area contributed by atoms with Gasteiger partial charge in [0.2, 0.25) is 0 Å². The molecule has 3 rings (SSSR count). The zero-order valence-electron chi connectivity index (χ0n) is 12.7. The van der Waals surface area contributed by atoms with Gasteiger partial charge in [0.25, 0.3) is 0 Å². The summed E-state index contributed by atoms with van der Waals surface area (Å²) in [6.45, 7) is 4.68. The van der Waals surface area contributed by atoms with E-state index < -0.39 is 0 Å². The van der Waals surface area contributed by atoms with Crippen molar-refractivity contribution in [1.29, 1.82) is 0 Å². The van der Waals surface area contributed by atoms with E-state index in [0.717, 1.165) is 30.2 Å². The Balaban J connectivity index is 1.74. The van der Waals surface area contributed by atoms with Crippen LogP contribution in [-0.2, 0) is 6.42 Å². The van der Waals surface area contributed by atoms with Gasteiger partial charge in [-0.3, -0.25) is 0 Å². The first-order chi connectivity index (χ1) is 9.66. The van der Waals surface area contributed by atoms with Gasteiger partial charge >= 0.3 is 0 Å². The summed E-state index contributed by atoms with van der Waals surface area (Å²) < 4.78 is 13.8. The minimum atomic E-state index is -0.0177. The Hall–Kier alpha value is -0.890. The topological polar surface area (TPSA) is 12.0 Å². The molecule has 0 heterocycles. The zero-order chi connectivity index (χ0) is 14.1. The third kappa shape index (κ3) is 2.63. The molecule has 110 valence electrons. The number of hydrogen-bond acceptors (Lipinski definition) is 1. The van der Waals surface area contributed by atoms with Crippen LogP contribution in [0.2, 0.25) is 0 Å². The highest BCUT2D eigenvalue weighted by atomic mass is 19.1. The lowest BCUT2D eigenvalue weighted by Gasteiger charge is -2.37. The van der Waals surface area contributed by atoms with E-state index in [1.165, 1.54) is 31.2 Å². The summed E-state index contributed by atoms with van der Waals surface area (Å²) in [5.41, 5.74) is 2.15. The van der Waals surface area contributed by atoms with Crippen molar-refractivity contribution >= 4 is 0 Å². The Morgan fingerprint density at radius 1 is 1.15 bits per heavy atom. The van der Waals surface area contributed by atoms with E-state index in [1.807, 2.05) is 6.07 Å². The zero-order valence-corrected chi connectivity index (χ0v) is 12.7. The molecule has 1 fully saturated rings. The van der Waals surface area contributed by atoms with Crippen molar-refractivity contribution in [3.05, 3.63) is 35.1 Å². The van der Waals surface area contributed by atoms with E-state index in [1.54, 1.807) is 6.07 Å². The molecule has 2 heteroatoms. The summed E-state index contributed by atoms with van der Waals surface area (Å²) in [6, 6.07) is 6.54. The number of nitrogens with one attached hydrogen (secondary N) is 1. The van der Waals surface area contributed by atoms with Gasteiger partial charge in [0, 0.05) is 12.1 Å². The largest absolute Gasteiger partial charge is 0.307 e. The fraction of sp³-hybridized carbons (Fsp3) is 0.667. The normalized spacial score (nSPS) is 29.7. The van der Waals surface area contributed by atoms with E-state index in [9.17, 15) is 4.39 Å². The predicted octanol–water partition coefficient (Wildman–Crippen LogP) is 4.62. The summed E-state index contributed by atoms with van der Waals surface area (Å²) in [4.78, 5) is 0. The molecule has 0 aromatic heterocycles. The third-order valence-electron chi connectivity index (χ3n) is 5.30. The molecule has 1 aromatic carbocycles. The molecule has 0 saturated heterocycles. The van der Waals surface area contributed by atoms with Crippen molar-refractivity contribution in [2.75, 3.05) is 0 Å². The van der Waals surface area contributed by atoms with E-state index >= 15 is 0 Å². The van der Waals surface area contributed by atoms with Gasteiger partial charge in [0.15, 0.2) is 0 Å². The van der Waals surface area contributed by atoms with Crippen molar-refractivity contribution in [2.24, 2.45) is 11.8 Å². The molecular formula is C18H26FN. The van der Waals surface area contributed by atoms with Crippen molar-refractivity contribution in [3.63, 3.8) is 0 Å². The number of benzene rings is 1. The summed E-state index contributed by atoms with van der Waals surface area (Å²) in [5.74, 6) is 1.50. The first-order valence-electron chi connectivity index (χ1n) is 8.20. The summed E-state index contributed by atoms with van der Waals surface area (Å²) >= 11 is 0. The second-order valence-corrected chi connectivity index (χ2v) is 6.86. The lowest BCUT2D eigenvalue weighted by Crippen LogP contribution is -2.42. The summed E-state index contributed by atoms with van der Waals surface area (Å²) in [5, 5.41) is 3.87. The average molecular weight is 275 g/mol. The molecule has 0 aliphatic heterocycles. The molecule has 2 aliphatic carbocycles. The fourth-order valence-electron chi connectivity index (χ4n) is 4.21. The van der Waals surface area contributed by atoms with E-state index in [2.05, 4.69) is 25.2 Å². The summed E-state index contributed by atoms with van der Waals surface area (Å²) in [7, 11) is 0. The monoisotopic (exact) mass is 275 g/mol. The summed E-state index contributed by atoms with van der Waals surface area (Å²) in [6.07, 6.45) is 7.28. The second-order valence-electron chi connectivity index (χ2n) is 6.86. The highest BCUT2D eigenvalue weighted by Gasteiger charge is 2.32. The maximum absolute atomic E-state index is 13.8. The van der Waals surface area contributed by atoms with Gasteiger partial charge in [-0.2, -0.15) is 0 Å². The van der Waals surface area contributed by atoms with Crippen LogP contribution in [0.25, 0.3) is 0 Å². The number of halogens is 1. The van der Waals surface area contributed by atoms with Gasteiger partial charge in [0.1, 0.15) is 5.82 Å². The van der Waals surface area contributed by atoms with Crippen LogP contribution >= 0.6 is 0 Å². The van der Waals surface area contributed by atoms with Crippen LogP contribution < -0.4 is 5.32 Å².